The summed E-state index contributed by atoms with van der Waals surface area (Å²) in [6, 6.07) is 20.9. The van der Waals surface area contributed by atoms with Crippen LogP contribution in [0.3, 0.4) is 0 Å². The van der Waals surface area contributed by atoms with E-state index in [2.05, 4.69) is 64.2 Å². The summed E-state index contributed by atoms with van der Waals surface area (Å²) in [5.74, 6) is -1.89. The van der Waals surface area contributed by atoms with Crippen molar-refractivity contribution in [2.24, 2.45) is 0 Å². The van der Waals surface area contributed by atoms with Gasteiger partial charge >= 0.3 is 11.9 Å². The van der Waals surface area contributed by atoms with E-state index in [9.17, 15) is 0 Å². The van der Waals surface area contributed by atoms with E-state index in [1.54, 1.807) is 6.20 Å². The van der Waals surface area contributed by atoms with Crippen LogP contribution in [0, 0.1) is 6.92 Å². The molecule has 0 saturated carbocycles. The fraction of sp³-hybridized carbons (Fsp3) is 0.222. The first kappa shape index (κ1) is 24.7. The predicted octanol–water partition coefficient (Wildman–Crippen LogP) is 3.48. The molecule has 0 spiro atoms. The number of para-hydroxylation sites is 1. The molecule has 0 radical (unpaired) electrons. The van der Waals surface area contributed by atoms with E-state index in [0.717, 1.165) is 60.8 Å². The van der Waals surface area contributed by atoms with Gasteiger partial charge in [-0.05, 0) is 42.3 Å². The van der Waals surface area contributed by atoms with Gasteiger partial charge in [-0.3, -0.25) is 9.88 Å². The average molecular weight is 486 g/mol. The first-order valence-electron chi connectivity index (χ1n) is 11.6. The lowest BCUT2D eigenvalue weighted by molar-refractivity contribution is -0.159. The number of carbonyl (C=O) groups is 2. The number of anilines is 1. The first-order chi connectivity index (χ1) is 17.4. The molecule has 2 aromatic carbocycles. The Bertz CT molecular complexity index is 1340. The molecule has 3 heterocycles. The molecule has 4 aromatic rings. The molecule has 0 aliphatic carbocycles. The van der Waals surface area contributed by atoms with Gasteiger partial charge in [-0.1, -0.05) is 36.4 Å². The maximum absolute atomic E-state index is 9.10. The normalized spacial score (nSPS) is 13.6. The van der Waals surface area contributed by atoms with Crippen LogP contribution in [0.15, 0.2) is 73.1 Å². The van der Waals surface area contributed by atoms with Gasteiger partial charge in [0.05, 0.1) is 5.52 Å². The molecule has 1 aliphatic heterocycles. The van der Waals surface area contributed by atoms with Crippen LogP contribution in [0.5, 0.6) is 0 Å². The lowest BCUT2D eigenvalue weighted by Gasteiger charge is -2.36. The molecule has 2 N–H and O–H groups in total. The van der Waals surface area contributed by atoms with E-state index in [-0.39, 0.29) is 0 Å². The molecule has 36 heavy (non-hydrogen) atoms. The molecule has 184 valence electrons. The smallest absolute Gasteiger partial charge is 0.414 e. The highest BCUT2D eigenvalue weighted by molar-refractivity contribution is 6.27. The van der Waals surface area contributed by atoms with Crippen molar-refractivity contribution in [3.63, 3.8) is 0 Å². The number of fused-ring (bicyclic) bond motifs is 1. The number of carboxylic acid groups (broad SMARTS) is 2. The standard InChI is InChI=1S/C25H25N5.C2H2O4/c1-19-7-2-3-8-21(19)18-29-13-15-30(16-14-29)25-22-10-4-5-11-23(22)27-24(28-25)20-9-6-12-26-17-20;3-1(4)2(5)6/h2-12,17H,13-16,18H2,1H3;(H,3,4)(H,5,6). The van der Waals surface area contributed by atoms with E-state index in [0.29, 0.717) is 0 Å². The molecule has 2 aromatic heterocycles. The van der Waals surface area contributed by atoms with Crippen LogP contribution in [-0.2, 0) is 16.1 Å². The van der Waals surface area contributed by atoms with E-state index in [4.69, 9.17) is 29.8 Å². The molecule has 9 heteroatoms. The number of rotatable bonds is 4. The molecule has 0 amide bonds. The van der Waals surface area contributed by atoms with Crippen LogP contribution >= 0.6 is 0 Å². The molecule has 1 aliphatic rings. The fourth-order valence-corrected chi connectivity index (χ4v) is 4.07. The summed E-state index contributed by atoms with van der Waals surface area (Å²) < 4.78 is 0. The molecular weight excluding hydrogens is 458 g/mol. The van der Waals surface area contributed by atoms with Crippen molar-refractivity contribution in [2.75, 3.05) is 31.1 Å². The van der Waals surface area contributed by atoms with Gasteiger partial charge in [0.1, 0.15) is 5.82 Å². The summed E-state index contributed by atoms with van der Waals surface area (Å²) in [4.78, 5) is 37.1. The molecule has 1 saturated heterocycles. The minimum atomic E-state index is -1.82. The molecule has 0 bridgehead atoms. The van der Waals surface area contributed by atoms with Gasteiger partial charge in [0.2, 0.25) is 0 Å². The van der Waals surface area contributed by atoms with Gasteiger partial charge < -0.3 is 15.1 Å². The molecule has 1 fully saturated rings. The highest BCUT2D eigenvalue weighted by atomic mass is 16.4. The van der Waals surface area contributed by atoms with Crippen molar-refractivity contribution in [1.82, 2.24) is 19.9 Å². The van der Waals surface area contributed by atoms with Gasteiger partial charge in [-0.15, -0.1) is 0 Å². The molecule has 0 unspecified atom stereocenters. The highest BCUT2D eigenvalue weighted by Crippen LogP contribution is 2.28. The van der Waals surface area contributed by atoms with Gasteiger partial charge in [-0.25, -0.2) is 19.6 Å². The Morgan fingerprint density at radius 1 is 0.861 bits per heavy atom. The zero-order chi connectivity index (χ0) is 25.5. The zero-order valence-electron chi connectivity index (χ0n) is 19.9. The first-order valence-corrected chi connectivity index (χ1v) is 11.6. The topological polar surface area (TPSA) is 120 Å². The fourth-order valence-electron chi connectivity index (χ4n) is 4.07. The third-order valence-corrected chi connectivity index (χ3v) is 6.01. The SMILES string of the molecule is Cc1ccccc1CN1CCN(c2nc(-c3cccnc3)nc3ccccc23)CC1.O=C(O)C(=O)O. The average Bonchev–Trinajstić information content (AvgIpc) is 2.90. The quantitative estimate of drug-likeness (QED) is 0.419. The lowest BCUT2D eigenvalue weighted by Crippen LogP contribution is -2.46. The minimum Gasteiger partial charge on any atom is -0.473 e. The summed E-state index contributed by atoms with van der Waals surface area (Å²) in [6.45, 7) is 7.16. The number of benzene rings is 2. The molecule has 0 atom stereocenters. The minimum absolute atomic E-state index is 0.735. The Balaban J connectivity index is 0.000000455. The second-order valence-electron chi connectivity index (χ2n) is 8.43. The number of pyridine rings is 1. The second-order valence-corrected chi connectivity index (χ2v) is 8.43. The number of hydrogen-bond donors (Lipinski definition) is 2. The number of aliphatic carboxylic acids is 2. The predicted molar refractivity (Wildman–Crippen MR) is 137 cm³/mol. The summed E-state index contributed by atoms with van der Waals surface area (Å²) in [6.07, 6.45) is 3.60. The van der Waals surface area contributed by atoms with E-state index in [1.807, 2.05) is 24.4 Å². The Labute approximate surface area is 208 Å². The third kappa shape index (κ3) is 6.00. The molecule has 5 rings (SSSR count). The van der Waals surface area contributed by atoms with Crippen LogP contribution < -0.4 is 4.90 Å². The van der Waals surface area contributed by atoms with Gasteiger partial charge in [0.25, 0.3) is 0 Å². The van der Waals surface area contributed by atoms with Crippen LogP contribution in [0.25, 0.3) is 22.3 Å². The van der Waals surface area contributed by atoms with Gasteiger partial charge in [0.15, 0.2) is 5.82 Å². The monoisotopic (exact) mass is 485 g/mol. The second kappa shape index (κ2) is 11.4. The lowest BCUT2D eigenvalue weighted by atomic mass is 10.1. The largest absolute Gasteiger partial charge is 0.473 e. The van der Waals surface area contributed by atoms with Crippen molar-refractivity contribution in [1.29, 1.82) is 0 Å². The number of hydrogen-bond acceptors (Lipinski definition) is 7. The van der Waals surface area contributed by atoms with E-state index in [1.165, 1.54) is 11.1 Å². The zero-order valence-corrected chi connectivity index (χ0v) is 19.9. The molecular formula is C27H27N5O4. The number of aryl methyl sites for hydroxylation is 1. The van der Waals surface area contributed by atoms with Crippen molar-refractivity contribution < 1.29 is 19.8 Å². The van der Waals surface area contributed by atoms with E-state index >= 15 is 0 Å². The Hall–Kier alpha value is -4.37. The number of piperazine rings is 1. The summed E-state index contributed by atoms with van der Waals surface area (Å²) in [5, 5.41) is 15.9. The van der Waals surface area contributed by atoms with Crippen molar-refractivity contribution in [3.8, 4) is 11.4 Å². The Morgan fingerprint density at radius 2 is 1.56 bits per heavy atom. The van der Waals surface area contributed by atoms with Crippen molar-refractivity contribution in [2.45, 2.75) is 13.5 Å². The third-order valence-electron chi connectivity index (χ3n) is 6.01. The molecule has 9 nitrogen and oxygen atoms in total. The Morgan fingerprint density at radius 3 is 2.22 bits per heavy atom. The van der Waals surface area contributed by atoms with Gasteiger partial charge in [-0.2, -0.15) is 0 Å². The van der Waals surface area contributed by atoms with Crippen molar-refractivity contribution in [3.05, 3.63) is 84.2 Å². The number of carboxylic acids is 2. The van der Waals surface area contributed by atoms with Crippen LogP contribution in [0.4, 0.5) is 5.82 Å². The highest BCUT2D eigenvalue weighted by Gasteiger charge is 2.21. The van der Waals surface area contributed by atoms with Crippen molar-refractivity contribution >= 4 is 28.7 Å². The van der Waals surface area contributed by atoms with Crippen LogP contribution in [0.1, 0.15) is 11.1 Å². The summed E-state index contributed by atoms with van der Waals surface area (Å²) in [7, 11) is 0. The number of nitrogens with zero attached hydrogens (tertiary/aromatic N) is 5. The maximum Gasteiger partial charge on any atom is 0.414 e. The van der Waals surface area contributed by atoms with Crippen LogP contribution in [-0.4, -0.2) is 68.2 Å². The van der Waals surface area contributed by atoms with Gasteiger partial charge in [0, 0.05) is 56.1 Å². The summed E-state index contributed by atoms with van der Waals surface area (Å²) in [5.41, 5.74) is 4.70. The van der Waals surface area contributed by atoms with Crippen LogP contribution in [0.2, 0.25) is 0 Å². The number of aromatic nitrogens is 3. The maximum atomic E-state index is 9.10. The van der Waals surface area contributed by atoms with E-state index < -0.39 is 11.9 Å². The Kier molecular flexibility index (Phi) is 7.82. The summed E-state index contributed by atoms with van der Waals surface area (Å²) >= 11 is 0.